The SMILES string of the molecule is CCCC1/C=C(\C)CC(C)CC(OC)C2OC(O)(C(=O)C(=O)N3CCCCC3C(=O)OC(C(C)=CC3CCC(O[Si](C)(C)C(C)(C)C)C(OC)C3)C(C)CCC1=O)C(C)CC2OC. The van der Waals surface area contributed by atoms with Crippen molar-refractivity contribution in [2.75, 3.05) is 27.9 Å². The lowest BCUT2D eigenvalue weighted by Crippen LogP contribution is -2.64. The number of carbonyl (C=O) groups is 4. The van der Waals surface area contributed by atoms with Crippen LogP contribution in [0.15, 0.2) is 23.3 Å². The van der Waals surface area contributed by atoms with E-state index in [0.29, 0.717) is 44.9 Å². The second kappa shape index (κ2) is 23.0. The van der Waals surface area contributed by atoms with Crippen molar-refractivity contribution in [3.05, 3.63) is 23.3 Å². The first-order chi connectivity index (χ1) is 29.5. The van der Waals surface area contributed by atoms with E-state index in [0.717, 1.165) is 43.3 Å². The first kappa shape index (κ1) is 53.4. The Morgan fingerprint density at radius 2 is 1.57 bits per heavy atom. The Labute approximate surface area is 381 Å². The summed E-state index contributed by atoms with van der Waals surface area (Å²) >= 11 is 0. The summed E-state index contributed by atoms with van der Waals surface area (Å²) in [5.41, 5.74) is 1.98. The summed E-state index contributed by atoms with van der Waals surface area (Å²) < 4.78 is 37.6. The minimum absolute atomic E-state index is 0.000971. The molecular formula is C50H85NO11Si. The van der Waals surface area contributed by atoms with Crippen LogP contribution < -0.4 is 0 Å². The summed E-state index contributed by atoms with van der Waals surface area (Å²) in [7, 11) is 2.85. The molecule has 4 aliphatic rings. The first-order valence-corrected chi connectivity index (χ1v) is 27.0. The molecule has 3 aliphatic heterocycles. The van der Waals surface area contributed by atoms with Gasteiger partial charge in [0.2, 0.25) is 5.79 Å². The van der Waals surface area contributed by atoms with Gasteiger partial charge >= 0.3 is 5.97 Å². The number of rotatable bonds is 9. The second-order valence-corrected chi connectivity index (χ2v) is 26.0. The van der Waals surface area contributed by atoms with E-state index in [2.05, 4.69) is 66.8 Å². The van der Waals surface area contributed by atoms with Crippen molar-refractivity contribution in [2.24, 2.45) is 29.6 Å². The van der Waals surface area contributed by atoms with Crippen molar-refractivity contribution in [2.45, 2.75) is 212 Å². The summed E-state index contributed by atoms with van der Waals surface area (Å²) in [6, 6.07) is -1.03. The molecule has 360 valence electrons. The molecule has 3 fully saturated rings. The van der Waals surface area contributed by atoms with E-state index in [1.165, 1.54) is 4.90 Å². The number of cyclic esters (lactones) is 1. The lowest BCUT2D eigenvalue weighted by molar-refractivity contribution is -0.302. The normalized spacial score (nSPS) is 37.7. The molecule has 0 spiro atoms. The number of carbonyl (C=O) groups excluding carboxylic acids is 4. The molecule has 1 saturated carbocycles. The van der Waals surface area contributed by atoms with E-state index < -0.39 is 68.1 Å². The topological polar surface area (TPSA) is 147 Å². The molecule has 0 radical (unpaired) electrons. The van der Waals surface area contributed by atoms with Crippen molar-refractivity contribution in [3.63, 3.8) is 0 Å². The van der Waals surface area contributed by atoms with Crippen LogP contribution in [-0.2, 0) is 47.3 Å². The number of fused-ring (bicyclic) bond motifs is 3. The summed E-state index contributed by atoms with van der Waals surface area (Å²) in [4.78, 5) is 58.6. The van der Waals surface area contributed by atoms with Gasteiger partial charge in [-0.1, -0.05) is 72.6 Å². The van der Waals surface area contributed by atoms with Gasteiger partial charge in [-0.3, -0.25) is 14.4 Å². The highest BCUT2D eigenvalue weighted by Gasteiger charge is 2.56. The van der Waals surface area contributed by atoms with Gasteiger partial charge in [0.25, 0.3) is 11.7 Å². The molecule has 1 amide bonds. The van der Waals surface area contributed by atoms with Gasteiger partial charge in [0.15, 0.2) is 8.32 Å². The molecule has 13 atom stereocenters. The summed E-state index contributed by atoms with van der Waals surface area (Å²) in [5, 5.41) is 12.2. The highest BCUT2D eigenvalue weighted by molar-refractivity contribution is 6.74. The number of allylic oxidation sites excluding steroid dienone is 3. The van der Waals surface area contributed by atoms with E-state index in [-0.39, 0.29) is 59.7 Å². The highest BCUT2D eigenvalue weighted by atomic mass is 28.4. The number of esters is 1. The standard InChI is InChI=1S/C50H85NO11Si/c1-15-18-37-26-31(2)25-32(3)27-42(58-11)45-43(59-12)29-35(6)50(56,61-45)46(53)47(54)51-24-17-16-19-38(51)48(55)60-44(33(4)20-22-39(37)52)34(5)28-36-21-23-40(41(30-36)57-10)62-63(13,14)49(7,8)9/h26,28,32-33,35-38,40-45,56H,15-25,27,29-30H2,1-14H3/b31-26+,34-28?. The average molecular weight is 904 g/mol. The van der Waals surface area contributed by atoms with Gasteiger partial charge in [-0.05, 0) is 126 Å². The summed E-state index contributed by atoms with van der Waals surface area (Å²) in [6.45, 7) is 23.4. The Hall–Kier alpha value is -2.26. The van der Waals surface area contributed by atoms with Gasteiger partial charge in [0.05, 0.1) is 24.4 Å². The number of hydrogen-bond acceptors (Lipinski definition) is 11. The van der Waals surface area contributed by atoms with Crippen LogP contribution >= 0.6 is 0 Å². The number of nitrogens with zero attached hydrogens (tertiary/aromatic N) is 1. The third kappa shape index (κ3) is 13.2. The van der Waals surface area contributed by atoms with E-state index in [1.54, 1.807) is 28.3 Å². The van der Waals surface area contributed by atoms with Gasteiger partial charge in [-0.2, -0.15) is 0 Å². The number of Topliss-reactive ketones (excluding diaryl/α,β-unsaturated/α-hetero) is 2. The minimum Gasteiger partial charge on any atom is -0.456 e. The first-order valence-electron chi connectivity index (χ1n) is 24.1. The molecule has 0 aromatic carbocycles. The Balaban J connectivity index is 1.72. The Morgan fingerprint density at radius 1 is 0.921 bits per heavy atom. The molecule has 13 heteroatoms. The molecule has 12 nitrogen and oxygen atoms in total. The molecule has 63 heavy (non-hydrogen) atoms. The maximum absolute atomic E-state index is 14.5. The van der Waals surface area contributed by atoms with Crippen LogP contribution in [0.5, 0.6) is 0 Å². The molecule has 0 aromatic rings. The van der Waals surface area contributed by atoms with Crippen LogP contribution in [0.25, 0.3) is 0 Å². The van der Waals surface area contributed by atoms with Crippen LogP contribution in [0.4, 0.5) is 0 Å². The fourth-order valence-electron chi connectivity index (χ4n) is 10.3. The Kier molecular flexibility index (Phi) is 19.4. The highest BCUT2D eigenvalue weighted by Crippen LogP contribution is 2.42. The molecule has 3 heterocycles. The van der Waals surface area contributed by atoms with Crippen molar-refractivity contribution < 1.29 is 52.4 Å². The minimum atomic E-state index is -2.46. The Bertz CT molecular complexity index is 1620. The number of amides is 1. The quantitative estimate of drug-likeness (QED) is 0.102. The number of ketones is 2. The monoisotopic (exact) mass is 904 g/mol. The Morgan fingerprint density at radius 3 is 2.19 bits per heavy atom. The van der Waals surface area contributed by atoms with E-state index in [1.807, 2.05) is 13.8 Å². The number of hydrogen-bond donors (Lipinski definition) is 1. The van der Waals surface area contributed by atoms with Gasteiger partial charge in [0.1, 0.15) is 24.0 Å². The molecule has 4 rings (SSSR count). The fourth-order valence-corrected chi connectivity index (χ4v) is 11.7. The lowest BCUT2D eigenvalue weighted by atomic mass is 9.82. The van der Waals surface area contributed by atoms with Crippen molar-refractivity contribution in [1.29, 1.82) is 0 Å². The van der Waals surface area contributed by atoms with E-state index >= 15 is 0 Å². The zero-order chi connectivity index (χ0) is 47.0. The average Bonchev–Trinajstić information content (AvgIpc) is 3.23. The maximum atomic E-state index is 14.5. The van der Waals surface area contributed by atoms with Crippen molar-refractivity contribution in [1.82, 2.24) is 4.90 Å². The van der Waals surface area contributed by atoms with Crippen LogP contribution in [0.2, 0.25) is 18.1 Å². The van der Waals surface area contributed by atoms with Crippen molar-refractivity contribution in [3.8, 4) is 0 Å². The fraction of sp³-hybridized carbons (Fsp3) is 0.840. The number of methoxy groups -OCH3 is 3. The third-order valence-electron chi connectivity index (χ3n) is 15.1. The summed E-state index contributed by atoms with van der Waals surface area (Å²) in [5.74, 6) is -5.98. The molecule has 1 aliphatic carbocycles. The van der Waals surface area contributed by atoms with Crippen LogP contribution in [0.1, 0.15) is 146 Å². The van der Waals surface area contributed by atoms with Crippen LogP contribution in [0, 0.1) is 29.6 Å². The molecule has 0 aromatic heterocycles. The van der Waals surface area contributed by atoms with Gasteiger partial charge in [0, 0.05) is 46.1 Å². The zero-order valence-corrected chi connectivity index (χ0v) is 42.5. The van der Waals surface area contributed by atoms with Gasteiger partial charge < -0.3 is 38.1 Å². The molecule has 2 saturated heterocycles. The van der Waals surface area contributed by atoms with E-state index in [9.17, 15) is 24.3 Å². The van der Waals surface area contributed by atoms with Crippen molar-refractivity contribution >= 4 is 31.8 Å². The summed E-state index contributed by atoms with van der Waals surface area (Å²) in [6.07, 6.45) is 9.60. The molecule has 13 unspecified atom stereocenters. The lowest BCUT2D eigenvalue weighted by Gasteiger charge is -2.47. The van der Waals surface area contributed by atoms with Gasteiger partial charge in [-0.15, -0.1) is 0 Å². The predicted molar refractivity (Wildman–Crippen MR) is 247 cm³/mol. The number of aliphatic hydroxyl groups is 1. The number of piperidine rings is 1. The molecular weight excluding hydrogens is 819 g/mol. The van der Waals surface area contributed by atoms with Gasteiger partial charge in [-0.25, -0.2) is 4.79 Å². The second-order valence-electron chi connectivity index (χ2n) is 21.3. The smallest absolute Gasteiger partial charge is 0.329 e. The molecule has 2 bridgehead atoms. The number of ether oxygens (including phenoxy) is 5. The largest absolute Gasteiger partial charge is 0.456 e. The van der Waals surface area contributed by atoms with Crippen LogP contribution in [-0.4, -0.2) is 118 Å². The zero-order valence-electron chi connectivity index (χ0n) is 41.5. The maximum Gasteiger partial charge on any atom is 0.329 e. The van der Waals surface area contributed by atoms with E-state index in [4.69, 9.17) is 28.1 Å². The third-order valence-corrected chi connectivity index (χ3v) is 19.7. The predicted octanol–water partition coefficient (Wildman–Crippen LogP) is 8.92. The molecule has 1 N–H and O–H groups in total. The van der Waals surface area contributed by atoms with Crippen LogP contribution in [0.3, 0.4) is 0 Å².